The standard InChI is InChI=1S/C19H25Cl2N2O8P/c1-12(16(11-17(24)25)32(29,30)31)18(26)22-15(19(27)28)10-13-2-4-14(5-3-13)23(8-6-20)9-7-21/h2-5,15H,6-11H2,1H3,(H,22,26)(H,24,25)(H,27,28)(H2,29,30,31)/b16-12+. The summed E-state index contributed by atoms with van der Waals surface area (Å²) in [6.07, 6.45) is -1.16. The Morgan fingerprint density at radius 3 is 2.00 bits per heavy atom. The predicted octanol–water partition coefficient (Wildman–Crippen LogP) is 2.01. The third-order valence-electron chi connectivity index (χ3n) is 4.50. The Morgan fingerprint density at radius 2 is 1.59 bits per heavy atom. The van der Waals surface area contributed by atoms with Gasteiger partial charge in [0.25, 0.3) is 0 Å². The topological polar surface area (TPSA) is 164 Å². The number of nitrogens with zero attached hydrogens (tertiary/aromatic N) is 1. The van der Waals surface area contributed by atoms with Crippen molar-refractivity contribution < 1.29 is 38.9 Å². The lowest BCUT2D eigenvalue weighted by molar-refractivity contribution is -0.141. The fraction of sp³-hybridized carbons (Fsp3) is 0.421. The molecule has 0 aliphatic rings. The summed E-state index contributed by atoms with van der Waals surface area (Å²) in [4.78, 5) is 55.6. The van der Waals surface area contributed by atoms with Crippen molar-refractivity contribution in [2.75, 3.05) is 29.7 Å². The minimum atomic E-state index is -5.03. The van der Waals surface area contributed by atoms with Gasteiger partial charge in [0.2, 0.25) is 5.91 Å². The lowest BCUT2D eigenvalue weighted by atomic mass is 10.0. The Kier molecular flexibility index (Phi) is 11.2. The third-order valence-corrected chi connectivity index (χ3v) is 6.03. The second-order valence-corrected chi connectivity index (χ2v) is 9.17. The first kappa shape index (κ1) is 27.9. The first-order chi connectivity index (χ1) is 14.9. The number of hydrogen-bond donors (Lipinski definition) is 5. The van der Waals surface area contributed by atoms with E-state index in [0.717, 1.165) is 12.6 Å². The highest BCUT2D eigenvalue weighted by Gasteiger charge is 2.30. The molecule has 10 nitrogen and oxygen atoms in total. The number of nitrogens with one attached hydrogen (secondary N) is 1. The molecule has 1 atom stereocenters. The maximum atomic E-state index is 12.4. The molecule has 1 aromatic carbocycles. The number of amides is 1. The maximum Gasteiger partial charge on any atom is 0.353 e. The van der Waals surface area contributed by atoms with Gasteiger partial charge in [-0.3, -0.25) is 14.2 Å². The Hall–Kier alpha value is -2.10. The Morgan fingerprint density at radius 1 is 1.06 bits per heavy atom. The lowest BCUT2D eigenvalue weighted by Gasteiger charge is -2.23. The van der Waals surface area contributed by atoms with E-state index in [-0.39, 0.29) is 6.42 Å². The van der Waals surface area contributed by atoms with Crippen LogP contribution < -0.4 is 10.2 Å². The number of halogens is 2. The molecule has 0 spiro atoms. The minimum Gasteiger partial charge on any atom is -0.481 e. The molecule has 0 aromatic heterocycles. The maximum absolute atomic E-state index is 12.4. The van der Waals surface area contributed by atoms with Gasteiger partial charge in [0, 0.05) is 42.5 Å². The van der Waals surface area contributed by atoms with Crippen LogP contribution in [0.2, 0.25) is 0 Å². The molecule has 1 aromatic rings. The van der Waals surface area contributed by atoms with Crippen molar-refractivity contribution in [1.29, 1.82) is 0 Å². The zero-order chi connectivity index (χ0) is 24.5. The number of anilines is 1. The molecule has 0 fully saturated rings. The fourth-order valence-electron chi connectivity index (χ4n) is 2.85. The molecule has 1 rings (SSSR count). The monoisotopic (exact) mass is 510 g/mol. The molecular weight excluding hydrogens is 486 g/mol. The number of aliphatic carboxylic acids is 2. The number of carboxylic acids is 2. The van der Waals surface area contributed by atoms with Gasteiger partial charge in [-0.1, -0.05) is 12.1 Å². The highest BCUT2D eigenvalue weighted by molar-refractivity contribution is 7.56. The van der Waals surface area contributed by atoms with E-state index < -0.39 is 48.8 Å². The van der Waals surface area contributed by atoms with Crippen LogP contribution in [0.4, 0.5) is 5.69 Å². The van der Waals surface area contributed by atoms with E-state index in [1.54, 1.807) is 24.3 Å². The SMILES string of the molecule is C/C(C(=O)NC(Cc1ccc(N(CCCl)CCCl)cc1)C(=O)O)=C(/CC(=O)O)P(=O)(O)O. The summed E-state index contributed by atoms with van der Waals surface area (Å²) in [5.41, 5.74) is 0.880. The van der Waals surface area contributed by atoms with Gasteiger partial charge in [0.05, 0.1) is 11.7 Å². The van der Waals surface area contributed by atoms with Gasteiger partial charge in [-0.25, -0.2) is 4.79 Å². The zero-order valence-corrected chi connectivity index (χ0v) is 19.6. The second-order valence-electron chi connectivity index (χ2n) is 6.79. The summed E-state index contributed by atoms with van der Waals surface area (Å²) >= 11 is 11.6. The van der Waals surface area contributed by atoms with E-state index in [1.807, 2.05) is 4.90 Å². The Bertz CT molecular complexity index is 895. The van der Waals surface area contributed by atoms with Crippen LogP contribution in [0.5, 0.6) is 0 Å². The van der Waals surface area contributed by atoms with Crippen molar-refractivity contribution in [3.05, 3.63) is 40.7 Å². The first-order valence-electron chi connectivity index (χ1n) is 9.37. The van der Waals surface area contributed by atoms with E-state index in [0.29, 0.717) is 30.4 Å². The summed E-state index contributed by atoms with van der Waals surface area (Å²) in [6.45, 7) is 2.18. The zero-order valence-electron chi connectivity index (χ0n) is 17.2. The minimum absolute atomic E-state index is 0.107. The van der Waals surface area contributed by atoms with Crippen LogP contribution in [0.3, 0.4) is 0 Å². The van der Waals surface area contributed by atoms with Crippen molar-refractivity contribution >= 4 is 54.3 Å². The van der Waals surface area contributed by atoms with Gasteiger partial charge >= 0.3 is 19.5 Å². The molecule has 178 valence electrons. The number of alkyl halides is 2. The molecule has 1 unspecified atom stereocenters. The van der Waals surface area contributed by atoms with Gasteiger partial charge in [0.15, 0.2) is 0 Å². The van der Waals surface area contributed by atoms with Gasteiger partial charge in [-0.15, -0.1) is 23.2 Å². The van der Waals surface area contributed by atoms with E-state index in [4.69, 9.17) is 28.3 Å². The summed E-state index contributed by atoms with van der Waals surface area (Å²) in [5, 5.41) is 19.6. The molecule has 32 heavy (non-hydrogen) atoms. The first-order valence-corrected chi connectivity index (χ1v) is 12.1. The highest BCUT2D eigenvalue weighted by Crippen LogP contribution is 2.48. The molecule has 0 heterocycles. The van der Waals surface area contributed by atoms with Crippen LogP contribution in [0.15, 0.2) is 35.2 Å². The third kappa shape index (κ3) is 8.80. The highest BCUT2D eigenvalue weighted by atomic mass is 35.5. The number of hydrogen-bond acceptors (Lipinski definition) is 5. The largest absolute Gasteiger partial charge is 0.481 e. The number of rotatable bonds is 13. The van der Waals surface area contributed by atoms with Gasteiger partial charge in [-0.05, 0) is 24.6 Å². The summed E-state index contributed by atoms with van der Waals surface area (Å²) in [5.74, 6) is -3.18. The number of benzene rings is 1. The van der Waals surface area contributed by atoms with Crippen LogP contribution in [0.1, 0.15) is 18.9 Å². The molecule has 0 saturated heterocycles. The van der Waals surface area contributed by atoms with Crippen LogP contribution in [0, 0.1) is 0 Å². The average molecular weight is 511 g/mol. The van der Waals surface area contributed by atoms with Crippen LogP contribution in [0.25, 0.3) is 0 Å². The van der Waals surface area contributed by atoms with Gasteiger partial charge in [-0.2, -0.15) is 0 Å². The molecule has 1 amide bonds. The van der Waals surface area contributed by atoms with Crippen LogP contribution in [-0.2, 0) is 25.4 Å². The fourth-order valence-corrected chi connectivity index (χ4v) is 4.14. The number of carbonyl (C=O) groups is 3. The quantitative estimate of drug-likeness (QED) is 0.151. The van der Waals surface area contributed by atoms with E-state index >= 15 is 0 Å². The van der Waals surface area contributed by atoms with Crippen molar-refractivity contribution in [1.82, 2.24) is 5.32 Å². The molecule has 5 N–H and O–H groups in total. The molecule has 0 bridgehead atoms. The Balaban J connectivity index is 3.04. The molecule has 0 aliphatic carbocycles. The van der Waals surface area contributed by atoms with Crippen LogP contribution in [-0.4, -0.2) is 68.7 Å². The molecule has 0 aliphatic heterocycles. The number of carbonyl (C=O) groups excluding carboxylic acids is 1. The molecule has 0 saturated carbocycles. The number of carboxylic acid groups (broad SMARTS) is 2. The van der Waals surface area contributed by atoms with Crippen molar-refractivity contribution in [3.63, 3.8) is 0 Å². The lowest BCUT2D eigenvalue weighted by Crippen LogP contribution is -2.43. The summed E-state index contributed by atoms with van der Waals surface area (Å²) in [6, 6.07) is 5.48. The van der Waals surface area contributed by atoms with E-state index in [1.165, 1.54) is 0 Å². The van der Waals surface area contributed by atoms with Crippen molar-refractivity contribution in [2.24, 2.45) is 0 Å². The van der Waals surface area contributed by atoms with Gasteiger partial charge in [0.1, 0.15) is 6.04 Å². The molecule has 13 heteroatoms. The molecule has 0 radical (unpaired) electrons. The normalized spacial score (nSPS) is 13.2. The van der Waals surface area contributed by atoms with Crippen molar-refractivity contribution in [2.45, 2.75) is 25.8 Å². The van der Waals surface area contributed by atoms with E-state index in [9.17, 15) is 33.8 Å². The molecular formula is C19H25Cl2N2O8P. The van der Waals surface area contributed by atoms with E-state index in [2.05, 4.69) is 5.32 Å². The van der Waals surface area contributed by atoms with Crippen LogP contribution >= 0.6 is 30.8 Å². The van der Waals surface area contributed by atoms with Crippen molar-refractivity contribution in [3.8, 4) is 0 Å². The second kappa shape index (κ2) is 12.8. The summed E-state index contributed by atoms with van der Waals surface area (Å²) in [7, 11) is -5.03. The average Bonchev–Trinajstić information content (AvgIpc) is 2.70. The Labute approximate surface area is 195 Å². The summed E-state index contributed by atoms with van der Waals surface area (Å²) < 4.78 is 11.6. The smallest absolute Gasteiger partial charge is 0.353 e. The van der Waals surface area contributed by atoms with Gasteiger partial charge < -0.3 is 30.2 Å². The predicted molar refractivity (Wildman–Crippen MR) is 120 cm³/mol.